The summed E-state index contributed by atoms with van der Waals surface area (Å²) in [5, 5.41) is 11.4. The van der Waals surface area contributed by atoms with E-state index in [4.69, 9.17) is 9.84 Å². The van der Waals surface area contributed by atoms with Gasteiger partial charge in [0.05, 0.1) is 18.1 Å². The lowest BCUT2D eigenvalue weighted by Gasteiger charge is -2.18. The van der Waals surface area contributed by atoms with E-state index in [1.807, 2.05) is 0 Å². The predicted molar refractivity (Wildman–Crippen MR) is 75.7 cm³/mol. The molecular formula is C15H18FNO5. The molecule has 0 saturated heterocycles. The van der Waals surface area contributed by atoms with Crippen LogP contribution in [0, 0.1) is 11.7 Å². The van der Waals surface area contributed by atoms with Crippen molar-refractivity contribution in [3.8, 4) is 0 Å². The smallest absolute Gasteiger partial charge is 0.326 e. The Morgan fingerprint density at radius 2 is 1.95 bits per heavy atom. The highest BCUT2D eigenvalue weighted by atomic mass is 19.1. The van der Waals surface area contributed by atoms with E-state index in [9.17, 15) is 18.8 Å². The number of carbonyl (C=O) groups excluding carboxylic acids is 2. The largest absolute Gasteiger partial charge is 0.480 e. The van der Waals surface area contributed by atoms with Gasteiger partial charge < -0.3 is 15.2 Å². The van der Waals surface area contributed by atoms with Crippen LogP contribution >= 0.6 is 0 Å². The Morgan fingerprint density at radius 1 is 1.32 bits per heavy atom. The van der Waals surface area contributed by atoms with E-state index in [2.05, 4.69) is 5.32 Å². The molecular weight excluding hydrogens is 293 g/mol. The van der Waals surface area contributed by atoms with Crippen molar-refractivity contribution >= 4 is 17.8 Å². The number of halogens is 1. The SMILES string of the molecule is CCOC(=O)[C@@H](C)C[C@H](NC(=O)c1ccccc1F)C(=O)O. The number of aliphatic carboxylic acids is 1. The standard InChI is InChI=1S/C15H18FNO5/c1-3-22-15(21)9(2)8-12(14(19)20)17-13(18)10-6-4-5-7-11(10)16/h4-7,9,12H,3,8H2,1-2H3,(H,17,18)(H,19,20)/t9-,12-/m0/s1. The molecule has 0 fully saturated rings. The number of hydrogen-bond donors (Lipinski definition) is 2. The van der Waals surface area contributed by atoms with Crippen molar-refractivity contribution in [2.45, 2.75) is 26.3 Å². The van der Waals surface area contributed by atoms with E-state index in [0.717, 1.165) is 6.07 Å². The van der Waals surface area contributed by atoms with Gasteiger partial charge in [0.1, 0.15) is 11.9 Å². The molecule has 120 valence electrons. The second-order valence-corrected chi connectivity index (χ2v) is 4.73. The Bertz CT molecular complexity index is 561. The third kappa shape index (κ3) is 4.83. The number of nitrogens with one attached hydrogen (secondary N) is 1. The van der Waals surface area contributed by atoms with Crippen molar-refractivity contribution in [2.75, 3.05) is 6.61 Å². The van der Waals surface area contributed by atoms with Crippen LogP contribution < -0.4 is 5.32 Å². The van der Waals surface area contributed by atoms with E-state index in [0.29, 0.717) is 0 Å². The average molecular weight is 311 g/mol. The van der Waals surface area contributed by atoms with Gasteiger partial charge in [-0.2, -0.15) is 0 Å². The van der Waals surface area contributed by atoms with Crippen LogP contribution in [0.4, 0.5) is 4.39 Å². The van der Waals surface area contributed by atoms with Gasteiger partial charge in [-0.15, -0.1) is 0 Å². The molecule has 0 spiro atoms. The zero-order chi connectivity index (χ0) is 16.7. The summed E-state index contributed by atoms with van der Waals surface area (Å²) < 4.78 is 18.3. The van der Waals surface area contributed by atoms with Gasteiger partial charge >= 0.3 is 11.9 Å². The Labute approximate surface area is 127 Å². The van der Waals surface area contributed by atoms with Gasteiger partial charge in [0.25, 0.3) is 5.91 Å². The minimum atomic E-state index is -1.31. The van der Waals surface area contributed by atoms with Crippen molar-refractivity contribution in [3.63, 3.8) is 0 Å². The molecule has 22 heavy (non-hydrogen) atoms. The van der Waals surface area contributed by atoms with Crippen molar-refractivity contribution in [1.29, 1.82) is 0 Å². The number of carboxylic acids is 1. The summed E-state index contributed by atoms with van der Waals surface area (Å²) >= 11 is 0. The number of ether oxygens (including phenoxy) is 1. The maximum Gasteiger partial charge on any atom is 0.326 e. The van der Waals surface area contributed by atoms with Gasteiger partial charge in [0.2, 0.25) is 0 Å². The van der Waals surface area contributed by atoms with E-state index < -0.39 is 35.6 Å². The number of carboxylic acid groups (broad SMARTS) is 1. The topological polar surface area (TPSA) is 92.7 Å². The summed E-state index contributed by atoms with van der Waals surface area (Å²) in [6.45, 7) is 3.32. The van der Waals surface area contributed by atoms with Crippen LogP contribution in [0.1, 0.15) is 30.6 Å². The van der Waals surface area contributed by atoms with Crippen LogP contribution in [-0.2, 0) is 14.3 Å². The van der Waals surface area contributed by atoms with Crippen molar-refractivity contribution < 1.29 is 28.6 Å². The third-order valence-corrected chi connectivity index (χ3v) is 3.00. The summed E-state index contributed by atoms with van der Waals surface area (Å²) in [6.07, 6.45) is -0.144. The fraction of sp³-hybridized carbons (Fsp3) is 0.400. The minimum Gasteiger partial charge on any atom is -0.480 e. The molecule has 0 aliphatic carbocycles. The first-order chi connectivity index (χ1) is 10.4. The average Bonchev–Trinajstić information content (AvgIpc) is 2.46. The van der Waals surface area contributed by atoms with Gasteiger partial charge in [-0.1, -0.05) is 19.1 Å². The Hall–Kier alpha value is -2.44. The number of amides is 1. The van der Waals surface area contributed by atoms with Crippen LogP contribution in [0.15, 0.2) is 24.3 Å². The molecule has 0 radical (unpaired) electrons. The van der Waals surface area contributed by atoms with Crippen LogP contribution in [0.2, 0.25) is 0 Å². The highest BCUT2D eigenvalue weighted by molar-refractivity contribution is 5.96. The number of esters is 1. The fourth-order valence-electron chi connectivity index (χ4n) is 1.84. The maximum atomic E-state index is 13.5. The molecule has 1 aromatic carbocycles. The van der Waals surface area contributed by atoms with E-state index in [-0.39, 0.29) is 18.6 Å². The van der Waals surface area contributed by atoms with Gasteiger partial charge in [-0.3, -0.25) is 9.59 Å². The number of hydrogen-bond acceptors (Lipinski definition) is 4. The van der Waals surface area contributed by atoms with Crippen molar-refractivity contribution in [3.05, 3.63) is 35.6 Å². The fourth-order valence-corrected chi connectivity index (χ4v) is 1.84. The molecule has 0 bridgehead atoms. The molecule has 2 atom stereocenters. The molecule has 0 aliphatic rings. The predicted octanol–water partition coefficient (Wildman–Crippen LogP) is 1.60. The van der Waals surface area contributed by atoms with Crippen LogP contribution in [0.25, 0.3) is 0 Å². The van der Waals surface area contributed by atoms with E-state index >= 15 is 0 Å². The number of carbonyl (C=O) groups is 3. The quantitative estimate of drug-likeness (QED) is 0.746. The summed E-state index contributed by atoms with van der Waals surface area (Å²) in [4.78, 5) is 34.7. The molecule has 7 heteroatoms. The third-order valence-electron chi connectivity index (χ3n) is 3.00. The second kappa shape index (κ2) is 8.11. The van der Waals surface area contributed by atoms with E-state index in [1.165, 1.54) is 25.1 Å². The first kappa shape index (κ1) is 17.6. The Balaban J connectivity index is 2.77. The normalized spacial score (nSPS) is 13.0. The van der Waals surface area contributed by atoms with Gasteiger partial charge in [-0.05, 0) is 25.5 Å². The lowest BCUT2D eigenvalue weighted by Crippen LogP contribution is -2.43. The van der Waals surface area contributed by atoms with Crippen molar-refractivity contribution in [2.24, 2.45) is 5.92 Å². The first-order valence-corrected chi connectivity index (χ1v) is 6.81. The Morgan fingerprint density at radius 3 is 2.50 bits per heavy atom. The summed E-state index contributed by atoms with van der Waals surface area (Å²) in [5.41, 5.74) is -0.252. The molecule has 0 heterocycles. The molecule has 2 N–H and O–H groups in total. The van der Waals surface area contributed by atoms with Gasteiger partial charge in [0.15, 0.2) is 0 Å². The highest BCUT2D eigenvalue weighted by Gasteiger charge is 2.27. The second-order valence-electron chi connectivity index (χ2n) is 4.73. The van der Waals surface area contributed by atoms with Gasteiger partial charge in [-0.25, -0.2) is 9.18 Å². The zero-order valence-electron chi connectivity index (χ0n) is 12.3. The van der Waals surface area contributed by atoms with E-state index in [1.54, 1.807) is 6.92 Å². The Kier molecular flexibility index (Phi) is 6.49. The first-order valence-electron chi connectivity index (χ1n) is 6.81. The lowest BCUT2D eigenvalue weighted by molar-refractivity contribution is -0.148. The van der Waals surface area contributed by atoms with Gasteiger partial charge in [0, 0.05) is 0 Å². The summed E-state index contributed by atoms with van der Waals surface area (Å²) in [6, 6.07) is 3.93. The number of benzene rings is 1. The van der Waals surface area contributed by atoms with Crippen LogP contribution in [-0.4, -0.2) is 35.6 Å². The highest BCUT2D eigenvalue weighted by Crippen LogP contribution is 2.11. The molecule has 1 aromatic rings. The molecule has 6 nitrogen and oxygen atoms in total. The molecule has 0 aliphatic heterocycles. The molecule has 1 amide bonds. The molecule has 0 unspecified atom stereocenters. The summed E-state index contributed by atoms with van der Waals surface area (Å²) in [7, 11) is 0. The molecule has 0 aromatic heterocycles. The maximum absolute atomic E-state index is 13.5. The zero-order valence-corrected chi connectivity index (χ0v) is 12.3. The van der Waals surface area contributed by atoms with Crippen molar-refractivity contribution in [1.82, 2.24) is 5.32 Å². The monoisotopic (exact) mass is 311 g/mol. The van der Waals surface area contributed by atoms with Crippen LogP contribution in [0.3, 0.4) is 0 Å². The molecule has 1 rings (SSSR count). The minimum absolute atomic E-state index is 0.144. The lowest BCUT2D eigenvalue weighted by atomic mass is 10.0. The van der Waals surface area contributed by atoms with Crippen LogP contribution in [0.5, 0.6) is 0 Å². The summed E-state index contributed by atoms with van der Waals surface area (Å²) in [5.74, 6) is -4.15. The molecule has 0 saturated carbocycles. The number of rotatable bonds is 7.